The molecule has 13 heteroatoms. The topological polar surface area (TPSA) is 131 Å². The van der Waals surface area contributed by atoms with E-state index in [-0.39, 0.29) is 21.8 Å². The molecular formula is C20H17Cl2FN6O4. The summed E-state index contributed by atoms with van der Waals surface area (Å²) in [5.41, 5.74) is 1.61. The molecule has 0 amide bonds. The number of aryl methyl sites for hydroxylation is 1. The van der Waals surface area contributed by atoms with Crippen LogP contribution in [0.2, 0.25) is 10.3 Å². The molecule has 3 N–H and O–H groups in total. The predicted molar refractivity (Wildman–Crippen MR) is 116 cm³/mol. The van der Waals surface area contributed by atoms with E-state index in [0.717, 1.165) is 6.07 Å². The van der Waals surface area contributed by atoms with Gasteiger partial charge in [-0.15, -0.1) is 0 Å². The van der Waals surface area contributed by atoms with Crippen LogP contribution in [-0.4, -0.2) is 47.1 Å². The highest BCUT2D eigenvalue weighted by Crippen LogP contribution is 2.40. The third-order valence-corrected chi connectivity index (χ3v) is 5.79. The quantitative estimate of drug-likeness (QED) is 0.356. The zero-order valence-electron chi connectivity index (χ0n) is 17.0. The molecule has 0 radical (unpaired) electrons. The number of benzene rings is 1. The van der Waals surface area contributed by atoms with Crippen LogP contribution in [0.25, 0.3) is 11.2 Å². The molecule has 0 spiro atoms. The molecule has 5 rings (SSSR count). The molecule has 4 atom stereocenters. The molecule has 1 aromatic carbocycles. The lowest BCUT2D eigenvalue weighted by molar-refractivity contribution is -0.0434. The Morgan fingerprint density at radius 1 is 1.18 bits per heavy atom. The Kier molecular flexibility index (Phi) is 5.67. The average molecular weight is 495 g/mol. The second-order valence-corrected chi connectivity index (χ2v) is 8.16. The van der Waals surface area contributed by atoms with Gasteiger partial charge < -0.3 is 24.8 Å². The Labute approximate surface area is 195 Å². The van der Waals surface area contributed by atoms with Gasteiger partial charge in [-0.3, -0.25) is 4.57 Å². The summed E-state index contributed by atoms with van der Waals surface area (Å²) in [5, 5.41) is 28.2. The molecule has 1 fully saturated rings. The number of halogens is 3. The van der Waals surface area contributed by atoms with E-state index in [9.17, 15) is 14.6 Å². The van der Waals surface area contributed by atoms with Gasteiger partial charge in [0.05, 0.1) is 22.7 Å². The van der Waals surface area contributed by atoms with Gasteiger partial charge in [0.15, 0.2) is 29.0 Å². The maximum atomic E-state index is 13.4. The number of nitrogens with one attached hydrogen (secondary N) is 1. The van der Waals surface area contributed by atoms with Crippen LogP contribution in [0.15, 0.2) is 35.1 Å². The third kappa shape index (κ3) is 3.91. The van der Waals surface area contributed by atoms with Crippen LogP contribution in [0.4, 0.5) is 15.9 Å². The van der Waals surface area contributed by atoms with Crippen molar-refractivity contribution in [2.24, 2.45) is 0 Å². The summed E-state index contributed by atoms with van der Waals surface area (Å²) in [6, 6.07) is 5.51. The lowest BCUT2D eigenvalue weighted by Gasteiger charge is -2.16. The molecule has 0 saturated carbocycles. The Balaban J connectivity index is 1.50. The standard InChI is InChI=1S/C20H17Cl2FN6O4/c1-2-9-6-12(33-28-9)16-14(30)15(31)19(32-16)29-7-24-13-17(26-20(22)27-18(13)29)25-11-4-3-8(23)5-10(11)21/h3-7,14-16,19,30-31H,2H2,1H3,(H,25,26,27)/t14-,15+,16+,19+/m0/s1. The number of nitrogens with zero attached hydrogens (tertiary/aromatic N) is 5. The van der Waals surface area contributed by atoms with Gasteiger partial charge in [0.25, 0.3) is 0 Å². The van der Waals surface area contributed by atoms with Crippen molar-refractivity contribution in [1.29, 1.82) is 0 Å². The second kappa shape index (κ2) is 8.50. The summed E-state index contributed by atoms with van der Waals surface area (Å²) in [5.74, 6) is 0.0231. The van der Waals surface area contributed by atoms with Crippen LogP contribution in [-0.2, 0) is 11.2 Å². The molecule has 0 aliphatic carbocycles. The van der Waals surface area contributed by atoms with Crippen molar-refractivity contribution in [3.05, 3.63) is 58.2 Å². The minimum atomic E-state index is -1.32. The minimum absolute atomic E-state index is 0.114. The number of aromatic nitrogens is 5. The van der Waals surface area contributed by atoms with Gasteiger partial charge in [0.2, 0.25) is 5.28 Å². The van der Waals surface area contributed by atoms with E-state index in [4.69, 9.17) is 32.5 Å². The van der Waals surface area contributed by atoms with Gasteiger partial charge in [-0.25, -0.2) is 9.37 Å². The van der Waals surface area contributed by atoms with Crippen molar-refractivity contribution >= 4 is 45.9 Å². The lowest BCUT2D eigenvalue weighted by Crippen LogP contribution is -2.28. The molecule has 33 heavy (non-hydrogen) atoms. The molecule has 172 valence electrons. The van der Waals surface area contributed by atoms with Gasteiger partial charge in [0, 0.05) is 6.07 Å². The van der Waals surface area contributed by atoms with E-state index >= 15 is 0 Å². The molecule has 3 aromatic heterocycles. The monoisotopic (exact) mass is 494 g/mol. The van der Waals surface area contributed by atoms with Crippen molar-refractivity contribution in [3.63, 3.8) is 0 Å². The van der Waals surface area contributed by atoms with Gasteiger partial charge in [-0.1, -0.05) is 23.7 Å². The van der Waals surface area contributed by atoms with E-state index in [1.807, 2.05) is 6.92 Å². The van der Waals surface area contributed by atoms with E-state index in [1.165, 1.54) is 23.0 Å². The van der Waals surface area contributed by atoms with E-state index < -0.39 is 30.4 Å². The first-order valence-electron chi connectivity index (χ1n) is 9.95. The Morgan fingerprint density at radius 2 is 2.00 bits per heavy atom. The fraction of sp³-hybridized carbons (Fsp3) is 0.300. The molecule has 0 bridgehead atoms. The maximum Gasteiger partial charge on any atom is 0.226 e. The van der Waals surface area contributed by atoms with Crippen molar-refractivity contribution in [2.45, 2.75) is 37.9 Å². The van der Waals surface area contributed by atoms with Crippen molar-refractivity contribution in [2.75, 3.05) is 5.32 Å². The van der Waals surface area contributed by atoms with Crippen molar-refractivity contribution in [1.82, 2.24) is 24.7 Å². The number of anilines is 2. The Bertz CT molecular complexity index is 1330. The smallest absolute Gasteiger partial charge is 0.226 e. The fourth-order valence-corrected chi connectivity index (χ4v) is 4.01. The van der Waals surface area contributed by atoms with Crippen LogP contribution in [0, 0.1) is 5.82 Å². The molecule has 1 saturated heterocycles. The van der Waals surface area contributed by atoms with E-state index in [0.29, 0.717) is 29.1 Å². The summed E-state index contributed by atoms with van der Waals surface area (Å²) < 4.78 is 26.0. The molecular weight excluding hydrogens is 478 g/mol. The molecule has 4 aromatic rings. The van der Waals surface area contributed by atoms with E-state index in [2.05, 4.69) is 25.4 Å². The number of ether oxygens (including phenoxy) is 1. The zero-order valence-corrected chi connectivity index (χ0v) is 18.5. The highest BCUT2D eigenvalue weighted by Gasteiger charge is 2.47. The predicted octanol–water partition coefficient (Wildman–Crippen LogP) is 3.56. The van der Waals surface area contributed by atoms with Gasteiger partial charge in [0.1, 0.15) is 24.1 Å². The second-order valence-electron chi connectivity index (χ2n) is 7.42. The van der Waals surface area contributed by atoms with Crippen LogP contribution in [0.3, 0.4) is 0 Å². The van der Waals surface area contributed by atoms with Crippen LogP contribution < -0.4 is 5.32 Å². The number of aliphatic hydroxyl groups is 2. The Morgan fingerprint density at radius 3 is 2.73 bits per heavy atom. The Hall–Kier alpha value is -2.83. The third-order valence-electron chi connectivity index (χ3n) is 5.31. The van der Waals surface area contributed by atoms with Crippen LogP contribution >= 0.6 is 23.2 Å². The summed E-state index contributed by atoms with van der Waals surface area (Å²) >= 11 is 12.2. The molecule has 10 nitrogen and oxygen atoms in total. The summed E-state index contributed by atoms with van der Waals surface area (Å²) in [7, 11) is 0. The first kappa shape index (κ1) is 22.0. The zero-order chi connectivity index (χ0) is 23.3. The SMILES string of the molecule is CCc1cc([C@H]2O[C@@H](n3cnc4c(Nc5ccc(F)cc5Cl)nc(Cl)nc43)[C@H](O)[C@@H]2O)on1. The molecule has 4 heterocycles. The number of hydrogen-bond acceptors (Lipinski definition) is 9. The first-order chi connectivity index (χ1) is 15.9. The molecule has 1 aliphatic heterocycles. The van der Waals surface area contributed by atoms with E-state index in [1.54, 1.807) is 6.07 Å². The number of rotatable bonds is 5. The lowest BCUT2D eigenvalue weighted by atomic mass is 10.1. The fourth-order valence-electron chi connectivity index (χ4n) is 3.64. The molecule has 1 aliphatic rings. The summed E-state index contributed by atoms with van der Waals surface area (Å²) in [4.78, 5) is 12.7. The molecule has 0 unspecified atom stereocenters. The summed E-state index contributed by atoms with van der Waals surface area (Å²) in [6.07, 6.45) is -2.55. The van der Waals surface area contributed by atoms with Gasteiger partial charge in [-0.2, -0.15) is 9.97 Å². The summed E-state index contributed by atoms with van der Waals surface area (Å²) in [6.45, 7) is 1.91. The minimum Gasteiger partial charge on any atom is -0.387 e. The number of imidazole rings is 1. The number of fused-ring (bicyclic) bond motifs is 1. The van der Waals surface area contributed by atoms with Crippen molar-refractivity contribution < 1.29 is 23.9 Å². The van der Waals surface area contributed by atoms with Crippen molar-refractivity contribution in [3.8, 4) is 0 Å². The van der Waals surface area contributed by atoms with Crippen LogP contribution in [0.5, 0.6) is 0 Å². The highest BCUT2D eigenvalue weighted by atomic mass is 35.5. The first-order valence-corrected chi connectivity index (χ1v) is 10.7. The maximum absolute atomic E-state index is 13.4. The van der Waals surface area contributed by atoms with Crippen LogP contribution in [0.1, 0.15) is 30.7 Å². The van der Waals surface area contributed by atoms with Gasteiger partial charge >= 0.3 is 0 Å². The normalized spacial score (nSPS) is 22.8. The average Bonchev–Trinajstić information content (AvgIpc) is 3.49. The number of hydrogen-bond donors (Lipinski definition) is 3. The largest absolute Gasteiger partial charge is 0.387 e. The number of aliphatic hydroxyl groups excluding tert-OH is 2. The van der Waals surface area contributed by atoms with Gasteiger partial charge in [-0.05, 0) is 36.2 Å². The highest BCUT2D eigenvalue weighted by molar-refractivity contribution is 6.33.